The lowest BCUT2D eigenvalue weighted by Crippen LogP contribution is -1.98. The predicted octanol–water partition coefficient (Wildman–Crippen LogP) is 3.11. The standard InChI is InChI=1S/C15H16N4O/c1-9-14(10(2)20-18-9)12-5-13-15(16-6-12)17-8-19(13)7-11-3-4-11/h5-6,8,11H,3-4,7H2,1-2H3. The van der Waals surface area contributed by atoms with Crippen molar-refractivity contribution in [3.63, 3.8) is 0 Å². The van der Waals surface area contributed by atoms with E-state index in [1.54, 1.807) is 0 Å². The highest BCUT2D eigenvalue weighted by Crippen LogP contribution is 2.32. The van der Waals surface area contributed by atoms with Crippen molar-refractivity contribution in [3.8, 4) is 11.1 Å². The summed E-state index contributed by atoms with van der Waals surface area (Å²) in [5.41, 5.74) is 4.89. The van der Waals surface area contributed by atoms with Gasteiger partial charge >= 0.3 is 0 Å². The molecule has 0 bridgehead atoms. The molecule has 0 spiro atoms. The van der Waals surface area contributed by atoms with Crippen LogP contribution in [0.5, 0.6) is 0 Å². The first-order valence-electron chi connectivity index (χ1n) is 6.96. The van der Waals surface area contributed by atoms with Gasteiger partial charge in [0.2, 0.25) is 0 Å². The molecule has 0 N–H and O–H groups in total. The van der Waals surface area contributed by atoms with Crippen LogP contribution < -0.4 is 0 Å². The van der Waals surface area contributed by atoms with Gasteiger partial charge in [-0.3, -0.25) is 0 Å². The molecule has 102 valence electrons. The van der Waals surface area contributed by atoms with Crippen LogP contribution in [0.3, 0.4) is 0 Å². The second-order valence-corrected chi connectivity index (χ2v) is 5.61. The molecule has 4 rings (SSSR count). The van der Waals surface area contributed by atoms with Crippen molar-refractivity contribution in [2.24, 2.45) is 5.92 Å². The summed E-state index contributed by atoms with van der Waals surface area (Å²) in [6.45, 7) is 4.93. The molecule has 3 heterocycles. The molecule has 0 radical (unpaired) electrons. The summed E-state index contributed by atoms with van der Waals surface area (Å²) in [6.07, 6.45) is 6.41. The Hall–Kier alpha value is -2.17. The Labute approximate surface area is 116 Å². The van der Waals surface area contributed by atoms with Crippen molar-refractivity contribution in [1.29, 1.82) is 0 Å². The molecule has 20 heavy (non-hydrogen) atoms. The van der Waals surface area contributed by atoms with Crippen LogP contribution in [-0.4, -0.2) is 19.7 Å². The summed E-state index contributed by atoms with van der Waals surface area (Å²) in [5, 5.41) is 4.02. The predicted molar refractivity (Wildman–Crippen MR) is 75.2 cm³/mol. The highest BCUT2D eigenvalue weighted by molar-refractivity contribution is 5.79. The van der Waals surface area contributed by atoms with Crippen molar-refractivity contribution in [1.82, 2.24) is 19.7 Å². The highest BCUT2D eigenvalue weighted by atomic mass is 16.5. The van der Waals surface area contributed by atoms with Crippen LogP contribution in [-0.2, 0) is 6.54 Å². The molecule has 0 aliphatic heterocycles. The third-order valence-electron chi connectivity index (χ3n) is 3.95. The van der Waals surface area contributed by atoms with Crippen molar-refractivity contribution >= 4 is 11.2 Å². The lowest BCUT2D eigenvalue weighted by molar-refractivity contribution is 0.393. The van der Waals surface area contributed by atoms with Crippen LogP contribution in [0.4, 0.5) is 0 Å². The second kappa shape index (κ2) is 4.16. The number of aryl methyl sites for hydroxylation is 2. The van der Waals surface area contributed by atoms with Crippen molar-refractivity contribution in [3.05, 3.63) is 30.0 Å². The first-order valence-corrected chi connectivity index (χ1v) is 6.96. The molecule has 1 fully saturated rings. The number of hydrogen-bond acceptors (Lipinski definition) is 4. The smallest absolute Gasteiger partial charge is 0.177 e. The summed E-state index contributed by atoms with van der Waals surface area (Å²) in [7, 11) is 0. The Morgan fingerprint density at radius 1 is 1.30 bits per heavy atom. The number of pyridine rings is 1. The zero-order valence-corrected chi connectivity index (χ0v) is 11.6. The van der Waals surface area contributed by atoms with Gasteiger partial charge in [-0.15, -0.1) is 0 Å². The maximum absolute atomic E-state index is 5.25. The number of aromatic nitrogens is 4. The van der Waals surface area contributed by atoms with Crippen molar-refractivity contribution < 1.29 is 4.52 Å². The minimum Gasteiger partial charge on any atom is -0.361 e. The topological polar surface area (TPSA) is 56.7 Å². The van der Waals surface area contributed by atoms with Crippen LogP contribution in [0.2, 0.25) is 0 Å². The minimum absolute atomic E-state index is 0.807. The molecular weight excluding hydrogens is 252 g/mol. The van der Waals surface area contributed by atoms with E-state index in [1.807, 2.05) is 26.4 Å². The van der Waals surface area contributed by atoms with Gasteiger partial charge in [-0.05, 0) is 38.7 Å². The van der Waals surface area contributed by atoms with E-state index >= 15 is 0 Å². The molecule has 1 aliphatic carbocycles. The number of rotatable bonds is 3. The van der Waals surface area contributed by atoms with Gasteiger partial charge in [0.05, 0.1) is 17.5 Å². The average Bonchev–Trinajstić information content (AvgIpc) is 3.08. The quantitative estimate of drug-likeness (QED) is 0.732. The van der Waals surface area contributed by atoms with Gasteiger partial charge in [0, 0.05) is 23.9 Å². The average molecular weight is 268 g/mol. The van der Waals surface area contributed by atoms with Gasteiger partial charge in [0.15, 0.2) is 5.65 Å². The summed E-state index contributed by atoms with van der Waals surface area (Å²) in [5.74, 6) is 1.65. The Morgan fingerprint density at radius 2 is 2.15 bits per heavy atom. The molecule has 0 atom stereocenters. The molecule has 5 nitrogen and oxygen atoms in total. The van der Waals surface area contributed by atoms with Gasteiger partial charge < -0.3 is 9.09 Å². The van der Waals surface area contributed by atoms with E-state index < -0.39 is 0 Å². The van der Waals surface area contributed by atoms with Gasteiger partial charge in [-0.2, -0.15) is 0 Å². The number of nitrogens with zero attached hydrogens (tertiary/aromatic N) is 4. The molecule has 3 aromatic rings. The fraction of sp³-hybridized carbons (Fsp3) is 0.400. The third-order valence-corrected chi connectivity index (χ3v) is 3.95. The lowest BCUT2D eigenvalue weighted by Gasteiger charge is -2.04. The van der Waals surface area contributed by atoms with E-state index in [-0.39, 0.29) is 0 Å². The molecule has 0 unspecified atom stereocenters. The van der Waals surface area contributed by atoms with Gasteiger partial charge in [-0.25, -0.2) is 9.97 Å². The first-order chi connectivity index (χ1) is 9.72. The fourth-order valence-electron chi connectivity index (χ4n) is 2.70. The molecule has 1 saturated carbocycles. The van der Waals surface area contributed by atoms with Crippen LogP contribution in [0.25, 0.3) is 22.3 Å². The molecular formula is C15H16N4O. The van der Waals surface area contributed by atoms with Crippen LogP contribution >= 0.6 is 0 Å². The summed E-state index contributed by atoms with van der Waals surface area (Å²) in [4.78, 5) is 8.85. The van der Waals surface area contributed by atoms with E-state index in [1.165, 1.54) is 12.8 Å². The van der Waals surface area contributed by atoms with Crippen LogP contribution in [0, 0.1) is 19.8 Å². The molecule has 0 saturated heterocycles. The van der Waals surface area contributed by atoms with Crippen LogP contribution in [0.1, 0.15) is 24.3 Å². The Balaban J connectivity index is 1.84. The third kappa shape index (κ3) is 1.81. The normalized spacial score (nSPS) is 15.1. The van der Waals surface area contributed by atoms with E-state index in [0.717, 1.165) is 46.2 Å². The molecule has 3 aromatic heterocycles. The Kier molecular flexibility index (Phi) is 2.42. The van der Waals surface area contributed by atoms with Gasteiger partial charge in [0.25, 0.3) is 0 Å². The molecule has 5 heteroatoms. The maximum atomic E-state index is 5.25. The Bertz CT molecular complexity index is 763. The monoisotopic (exact) mass is 268 g/mol. The summed E-state index contributed by atoms with van der Waals surface area (Å²) in [6, 6.07) is 2.14. The first kappa shape index (κ1) is 11.6. The molecule has 0 amide bonds. The zero-order valence-electron chi connectivity index (χ0n) is 11.6. The fourth-order valence-corrected chi connectivity index (χ4v) is 2.70. The van der Waals surface area contributed by atoms with E-state index in [9.17, 15) is 0 Å². The second-order valence-electron chi connectivity index (χ2n) is 5.61. The minimum atomic E-state index is 0.807. The van der Waals surface area contributed by atoms with E-state index in [0.29, 0.717) is 0 Å². The van der Waals surface area contributed by atoms with Crippen molar-refractivity contribution in [2.45, 2.75) is 33.2 Å². The molecule has 1 aliphatic rings. The number of imidazole rings is 1. The van der Waals surface area contributed by atoms with Gasteiger partial charge in [0.1, 0.15) is 5.76 Å². The zero-order chi connectivity index (χ0) is 13.7. The van der Waals surface area contributed by atoms with Crippen molar-refractivity contribution in [2.75, 3.05) is 0 Å². The van der Waals surface area contributed by atoms with E-state index in [2.05, 4.69) is 25.8 Å². The lowest BCUT2D eigenvalue weighted by atomic mass is 10.1. The molecule has 0 aromatic carbocycles. The summed E-state index contributed by atoms with van der Waals surface area (Å²) >= 11 is 0. The Morgan fingerprint density at radius 3 is 2.85 bits per heavy atom. The SMILES string of the molecule is Cc1noc(C)c1-c1cnc2ncn(CC3CC3)c2c1. The summed E-state index contributed by atoms with van der Waals surface area (Å²) < 4.78 is 7.46. The van der Waals surface area contributed by atoms with Gasteiger partial charge in [-0.1, -0.05) is 5.16 Å². The van der Waals surface area contributed by atoms with Crippen LogP contribution in [0.15, 0.2) is 23.1 Å². The largest absolute Gasteiger partial charge is 0.361 e. The number of fused-ring (bicyclic) bond motifs is 1. The highest BCUT2D eigenvalue weighted by Gasteiger charge is 2.23. The number of hydrogen-bond donors (Lipinski definition) is 0. The maximum Gasteiger partial charge on any atom is 0.177 e. The van der Waals surface area contributed by atoms with E-state index in [4.69, 9.17) is 4.52 Å².